The van der Waals surface area contributed by atoms with Gasteiger partial charge in [0.05, 0.1) is 0 Å². The van der Waals surface area contributed by atoms with Crippen molar-refractivity contribution < 1.29 is 10.2 Å². The Hall–Kier alpha value is -1.96. The molecule has 0 saturated heterocycles. The monoisotopic (exact) mass is 282 g/mol. The Morgan fingerprint density at radius 1 is 0.619 bits per heavy atom. The van der Waals surface area contributed by atoms with E-state index in [0.717, 1.165) is 36.8 Å². The summed E-state index contributed by atoms with van der Waals surface area (Å²) in [5.74, 6) is 0.672. The van der Waals surface area contributed by atoms with Crippen molar-refractivity contribution in [2.45, 2.75) is 43.9 Å². The van der Waals surface area contributed by atoms with Crippen molar-refractivity contribution in [3.05, 3.63) is 59.7 Å². The van der Waals surface area contributed by atoms with Crippen molar-refractivity contribution in [2.75, 3.05) is 0 Å². The molecule has 1 aliphatic carbocycles. The number of hydrogen-bond acceptors (Lipinski definition) is 2. The fourth-order valence-electron chi connectivity index (χ4n) is 3.77. The van der Waals surface area contributed by atoms with Crippen LogP contribution in [0, 0.1) is 0 Å². The molecule has 21 heavy (non-hydrogen) atoms. The molecule has 0 unspecified atom stereocenters. The smallest absolute Gasteiger partial charge is 0.119 e. The van der Waals surface area contributed by atoms with Crippen LogP contribution in [0.2, 0.25) is 0 Å². The van der Waals surface area contributed by atoms with Gasteiger partial charge in [-0.05, 0) is 25.0 Å². The summed E-state index contributed by atoms with van der Waals surface area (Å²) in [5, 5.41) is 20.8. The van der Waals surface area contributed by atoms with Crippen molar-refractivity contribution in [1.82, 2.24) is 0 Å². The topological polar surface area (TPSA) is 40.5 Å². The summed E-state index contributed by atoms with van der Waals surface area (Å²) in [7, 11) is 0. The summed E-state index contributed by atoms with van der Waals surface area (Å²) in [6.07, 6.45) is 6.65. The number of hydrogen-bond donors (Lipinski definition) is 2. The van der Waals surface area contributed by atoms with Gasteiger partial charge in [-0.1, -0.05) is 62.1 Å². The Balaban J connectivity index is 2.20. The first-order chi connectivity index (χ1) is 10.2. The third kappa shape index (κ3) is 2.51. The molecular formula is C19H22O2. The Morgan fingerprint density at radius 3 is 1.48 bits per heavy atom. The van der Waals surface area contributed by atoms with E-state index in [1.165, 1.54) is 12.8 Å². The number of phenolic OH excluding ortho intramolecular Hbond substituents is 2. The summed E-state index contributed by atoms with van der Waals surface area (Å²) >= 11 is 0. The highest BCUT2D eigenvalue weighted by molar-refractivity contribution is 5.51. The van der Waals surface area contributed by atoms with E-state index in [1.54, 1.807) is 12.1 Å². The molecule has 0 aromatic heterocycles. The van der Waals surface area contributed by atoms with Crippen molar-refractivity contribution in [3.63, 3.8) is 0 Å². The second-order valence-electron chi connectivity index (χ2n) is 6.03. The highest BCUT2D eigenvalue weighted by Crippen LogP contribution is 2.49. The Bertz CT molecular complexity index is 563. The molecule has 2 N–H and O–H groups in total. The fourth-order valence-corrected chi connectivity index (χ4v) is 3.77. The third-order valence-corrected chi connectivity index (χ3v) is 4.80. The number of rotatable bonds is 2. The van der Waals surface area contributed by atoms with E-state index >= 15 is 0 Å². The minimum absolute atomic E-state index is 0.271. The van der Waals surface area contributed by atoms with Gasteiger partial charge in [0.1, 0.15) is 11.5 Å². The number of para-hydroxylation sites is 2. The van der Waals surface area contributed by atoms with Crippen LogP contribution in [0.1, 0.15) is 49.7 Å². The van der Waals surface area contributed by atoms with Gasteiger partial charge in [-0.15, -0.1) is 0 Å². The second-order valence-corrected chi connectivity index (χ2v) is 6.03. The second kappa shape index (κ2) is 5.80. The van der Waals surface area contributed by atoms with Crippen molar-refractivity contribution in [3.8, 4) is 11.5 Å². The summed E-state index contributed by atoms with van der Waals surface area (Å²) in [6, 6.07) is 15.2. The van der Waals surface area contributed by atoms with Crippen molar-refractivity contribution >= 4 is 0 Å². The number of benzene rings is 2. The highest BCUT2D eigenvalue weighted by Gasteiger charge is 2.38. The van der Waals surface area contributed by atoms with E-state index in [-0.39, 0.29) is 5.41 Å². The molecule has 0 spiro atoms. The summed E-state index contributed by atoms with van der Waals surface area (Å²) in [6.45, 7) is 0. The molecule has 1 saturated carbocycles. The summed E-state index contributed by atoms with van der Waals surface area (Å²) in [5.41, 5.74) is 1.63. The molecule has 0 radical (unpaired) electrons. The van der Waals surface area contributed by atoms with Crippen LogP contribution in [0.25, 0.3) is 0 Å². The molecule has 0 amide bonds. The summed E-state index contributed by atoms with van der Waals surface area (Å²) in [4.78, 5) is 0. The maximum absolute atomic E-state index is 10.4. The molecule has 0 bridgehead atoms. The van der Waals surface area contributed by atoms with Gasteiger partial charge in [0, 0.05) is 16.5 Å². The molecule has 2 nitrogen and oxygen atoms in total. The van der Waals surface area contributed by atoms with Gasteiger partial charge in [-0.3, -0.25) is 0 Å². The average molecular weight is 282 g/mol. The van der Waals surface area contributed by atoms with E-state index in [4.69, 9.17) is 0 Å². The van der Waals surface area contributed by atoms with Crippen LogP contribution in [-0.4, -0.2) is 10.2 Å². The first-order valence-electron chi connectivity index (χ1n) is 7.81. The minimum atomic E-state index is -0.271. The molecule has 2 heteroatoms. The molecular weight excluding hydrogens is 260 g/mol. The highest BCUT2D eigenvalue weighted by atomic mass is 16.3. The zero-order valence-corrected chi connectivity index (χ0v) is 12.3. The van der Waals surface area contributed by atoms with Gasteiger partial charge < -0.3 is 10.2 Å². The van der Waals surface area contributed by atoms with Gasteiger partial charge in [-0.25, -0.2) is 0 Å². The van der Waals surface area contributed by atoms with E-state index in [1.807, 2.05) is 36.4 Å². The molecule has 0 atom stereocenters. The van der Waals surface area contributed by atoms with E-state index in [9.17, 15) is 10.2 Å². The molecule has 3 rings (SSSR count). The van der Waals surface area contributed by atoms with Crippen molar-refractivity contribution in [1.29, 1.82) is 0 Å². The predicted octanol–water partition coefficient (Wildman–Crippen LogP) is 4.74. The van der Waals surface area contributed by atoms with E-state index in [2.05, 4.69) is 0 Å². The Morgan fingerprint density at radius 2 is 1.05 bits per heavy atom. The van der Waals surface area contributed by atoms with Crippen LogP contribution in [0.4, 0.5) is 0 Å². The van der Waals surface area contributed by atoms with E-state index in [0.29, 0.717) is 11.5 Å². The lowest BCUT2D eigenvalue weighted by Gasteiger charge is -2.35. The zero-order chi connectivity index (χ0) is 14.7. The van der Waals surface area contributed by atoms with Crippen molar-refractivity contribution in [2.24, 2.45) is 0 Å². The molecule has 1 fully saturated rings. The van der Waals surface area contributed by atoms with Crippen LogP contribution in [0.15, 0.2) is 48.5 Å². The molecule has 110 valence electrons. The van der Waals surface area contributed by atoms with Gasteiger partial charge in [0.2, 0.25) is 0 Å². The first kappa shape index (κ1) is 14.0. The Kier molecular flexibility index (Phi) is 3.87. The van der Waals surface area contributed by atoms with Gasteiger partial charge >= 0.3 is 0 Å². The van der Waals surface area contributed by atoms with Crippen LogP contribution in [0.5, 0.6) is 11.5 Å². The SMILES string of the molecule is Oc1ccccc1C1(c2ccccc2O)CCCCCC1. The standard InChI is InChI=1S/C19H22O2/c20-17-11-5-3-9-15(17)19(13-7-1-2-8-14-19)16-10-4-6-12-18(16)21/h3-6,9-12,20-21H,1-2,7-8,13-14H2. The molecule has 0 aliphatic heterocycles. The van der Waals surface area contributed by atoms with E-state index < -0.39 is 0 Å². The maximum atomic E-state index is 10.4. The third-order valence-electron chi connectivity index (χ3n) is 4.80. The molecule has 0 heterocycles. The molecule has 2 aromatic rings. The van der Waals surface area contributed by atoms with Crippen LogP contribution >= 0.6 is 0 Å². The lowest BCUT2D eigenvalue weighted by Crippen LogP contribution is -2.27. The van der Waals surface area contributed by atoms with Crippen LogP contribution < -0.4 is 0 Å². The predicted molar refractivity (Wildman–Crippen MR) is 84.7 cm³/mol. The minimum Gasteiger partial charge on any atom is -0.508 e. The van der Waals surface area contributed by atoms with Gasteiger partial charge in [0.15, 0.2) is 0 Å². The fraction of sp³-hybridized carbons (Fsp3) is 0.368. The normalized spacial score (nSPS) is 18.1. The quantitative estimate of drug-likeness (QED) is 0.781. The van der Waals surface area contributed by atoms with Crippen LogP contribution in [0.3, 0.4) is 0 Å². The summed E-state index contributed by atoms with van der Waals surface area (Å²) < 4.78 is 0. The number of aromatic hydroxyl groups is 2. The average Bonchev–Trinajstić information content (AvgIpc) is 2.75. The molecule has 1 aliphatic rings. The maximum Gasteiger partial charge on any atom is 0.119 e. The lowest BCUT2D eigenvalue weighted by atomic mass is 9.68. The zero-order valence-electron chi connectivity index (χ0n) is 12.3. The number of phenols is 2. The van der Waals surface area contributed by atoms with Gasteiger partial charge in [-0.2, -0.15) is 0 Å². The first-order valence-corrected chi connectivity index (χ1v) is 7.81. The van der Waals surface area contributed by atoms with Gasteiger partial charge in [0.25, 0.3) is 0 Å². The van der Waals surface area contributed by atoms with Crippen LogP contribution in [-0.2, 0) is 5.41 Å². The Labute approximate surface area is 126 Å². The lowest BCUT2D eigenvalue weighted by molar-refractivity contribution is 0.383. The largest absolute Gasteiger partial charge is 0.508 e. The molecule has 2 aromatic carbocycles.